The first-order valence-electron chi connectivity index (χ1n) is 8.69. The first-order chi connectivity index (χ1) is 10.2. The first-order valence-corrected chi connectivity index (χ1v) is 8.69. The summed E-state index contributed by atoms with van der Waals surface area (Å²) in [5.41, 5.74) is 0. The van der Waals surface area contributed by atoms with E-state index >= 15 is 0 Å². The molecule has 0 aromatic rings. The molecule has 5 unspecified atom stereocenters. The van der Waals surface area contributed by atoms with Crippen molar-refractivity contribution in [1.29, 1.82) is 0 Å². The largest absolute Gasteiger partial charge is 0.377 e. The Morgan fingerprint density at radius 1 is 1.10 bits per heavy atom. The van der Waals surface area contributed by atoms with Gasteiger partial charge in [0.1, 0.15) is 0 Å². The van der Waals surface area contributed by atoms with Gasteiger partial charge in [-0.25, -0.2) is 0 Å². The van der Waals surface area contributed by atoms with Gasteiger partial charge in [0.15, 0.2) is 0 Å². The summed E-state index contributed by atoms with van der Waals surface area (Å²) >= 11 is 0. The van der Waals surface area contributed by atoms with Gasteiger partial charge in [-0.1, -0.05) is 13.8 Å². The van der Waals surface area contributed by atoms with Crippen LogP contribution >= 0.6 is 0 Å². The van der Waals surface area contributed by atoms with Crippen molar-refractivity contribution in [3.05, 3.63) is 0 Å². The maximum Gasteiger partial charge on any atom is 0.0971 e. The monoisotopic (exact) mass is 298 g/mol. The van der Waals surface area contributed by atoms with Crippen LogP contribution < -0.4 is 5.32 Å². The first kappa shape index (κ1) is 17.2. The molecule has 0 spiro atoms. The second-order valence-electron chi connectivity index (χ2n) is 7.01. The van der Waals surface area contributed by atoms with Gasteiger partial charge in [0, 0.05) is 39.9 Å². The van der Waals surface area contributed by atoms with Gasteiger partial charge in [-0.15, -0.1) is 0 Å². The molecule has 1 saturated heterocycles. The van der Waals surface area contributed by atoms with Crippen LogP contribution in [0.1, 0.15) is 39.5 Å². The van der Waals surface area contributed by atoms with Crippen molar-refractivity contribution in [3.8, 4) is 0 Å². The van der Waals surface area contributed by atoms with Gasteiger partial charge in [-0.3, -0.25) is 4.90 Å². The third kappa shape index (κ3) is 4.65. The van der Waals surface area contributed by atoms with Crippen LogP contribution in [-0.2, 0) is 9.47 Å². The predicted molar refractivity (Wildman–Crippen MR) is 86.6 cm³/mol. The van der Waals surface area contributed by atoms with Crippen LogP contribution in [0.15, 0.2) is 0 Å². The fourth-order valence-electron chi connectivity index (χ4n) is 4.05. The van der Waals surface area contributed by atoms with Crippen molar-refractivity contribution in [2.45, 2.75) is 57.8 Å². The SMILES string of the molecule is CCCNC1CCC(C)CC1CN1CC(OC)C(OC)C1. The third-order valence-electron chi connectivity index (χ3n) is 5.29. The molecule has 0 radical (unpaired) electrons. The summed E-state index contributed by atoms with van der Waals surface area (Å²) in [6, 6.07) is 0.698. The predicted octanol–water partition coefficient (Wildman–Crippen LogP) is 2.14. The average molecular weight is 298 g/mol. The molecule has 1 heterocycles. The fraction of sp³-hybridized carbons (Fsp3) is 1.00. The van der Waals surface area contributed by atoms with Gasteiger partial charge in [0.05, 0.1) is 12.2 Å². The van der Waals surface area contributed by atoms with E-state index in [-0.39, 0.29) is 12.2 Å². The molecular formula is C17H34N2O2. The lowest BCUT2D eigenvalue weighted by atomic mass is 9.78. The lowest BCUT2D eigenvalue weighted by Gasteiger charge is -2.37. The van der Waals surface area contributed by atoms with Crippen molar-refractivity contribution in [1.82, 2.24) is 10.2 Å². The summed E-state index contributed by atoms with van der Waals surface area (Å²) in [6.07, 6.45) is 5.75. The Balaban J connectivity index is 1.89. The molecule has 1 saturated carbocycles. The van der Waals surface area contributed by atoms with Crippen molar-refractivity contribution in [2.75, 3.05) is 40.4 Å². The van der Waals surface area contributed by atoms with Crippen LogP contribution in [0.25, 0.3) is 0 Å². The highest BCUT2D eigenvalue weighted by Crippen LogP contribution is 2.31. The molecule has 1 N–H and O–H groups in total. The smallest absolute Gasteiger partial charge is 0.0971 e. The van der Waals surface area contributed by atoms with Crippen molar-refractivity contribution in [3.63, 3.8) is 0 Å². The summed E-state index contributed by atoms with van der Waals surface area (Å²) in [7, 11) is 3.60. The Kier molecular flexibility index (Phi) is 6.93. The van der Waals surface area contributed by atoms with E-state index in [1.165, 1.54) is 32.2 Å². The van der Waals surface area contributed by atoms with E-state index in [1.54, 1.807) is 14.2 Å². The number of methoxy groups -OCH3 is 2. The van der Waals surface area contributed by atoms with Crippen molar-refractivity contribution < 1.29 is 9.47 Å². The second kappa shape index (κ2) is 8.47. The molecule has 4 nitrogen and oxygen atoms in total. The third-order valence-corrected chi connectivity index (χ3v) is 5.29. The Morgan fingerprint density at radius 2 is 1.76 bits per heavy atom. The van der Waals surface area contributed by atoms with Crippen LogP contribution in [-0.4, -0.2) is 63.5 Å². The number of rotatable bonds is 7. The van der Waals surface area contributed by atoms with E-state index in [0.29, 0.717) is 6.04 Å². The molecule has 0 aromatic heterocycles. The van der Waals surface area contributed by atoms with E-state index in [0.717, 1.165) is 31.5 Å². The zero-order valence-electron chi connectivity index (χ0n) is 14.3. The van der Waals surface area contributed by atoms with Gasteiger partial charge in [0.25, 0.3) is 0 Å². The van der Waals surface area contributed by atoms with Crippen molar-refractivity contribution in [2.24, 2.45) is 11.8 Å². The highest BCUT2D eigenvalue weighted by molar-refractivity contribution is 4.91. The fourth-order valence-corrected chi connectivity index (χ4v) is 4.05. The summed E-state index contributed by atoms with van der Waals surface area (Å²) in [6.45, 7) is 9.02. The lowest BCUT2D eigenvalue weighted by Crippen LogP contribution is -2.45. The van der Waals surface area contributed by atoms with Crippen LogP contribution in [0, 0.1) is 11.8 Å². The zero-order chi connectivity index (χ0) is 15.2. The Bertz CT molecular complexity index is 287. The molecule has 21 heavy (non-hydrogen) atoms. The summed E-state index contributed by atoms with van der Waals surface area (Å²) in [5, 5.41) is 3.78. The van der Waals surface area contributed by atoms with Crippen LogP contribution in [0.2, 0.25) is 0 Å². The molecule has 124 valence electrons. The van der Waals surface area contributed by atoms with Gasteiger partial charge in [0.2, 0.25) is 0 Å². The molecular weight excluding hydrogens is 264 g/mol. The molecule has 2 aliphatic rings. The topological polar surface area (TPSA) is 33.7 Å². The van der Waals surface area contributed by atoms with Crippen LogP contribution in [0.5, 0.6) is 0 Å². The zero-order valence-corrected chi connectivity index (χ0v) is 14.3. The standard InChI is InChI=1S/C17H34N2O2/c1-5-8-18-15-7-6-13(2)9-14(15)10-19-11-16(20-3)17(12-19)21-4/h13-18H,5-12H2,1-4H3. The number of nitrogens with zero attached hydrogens (tertiary/aromatic N) is 1. The number of likely N-dealkylation sites (tertiary alicyclic amines) is 1. The minimum atomic E-state index is 0.234. The van der Waals surface area contributed by atoms with Gasteiger partial charge < -0.3 is 14.8 Å². The number of hydrogen-bond acceptors (Lipinski definition) is 4. The molecule has 0 bridgehead atoms. The molecule has 2 fully saturated rings. The quantitative estimate of drug-likeness (QED) is 0.781. The lowest BCUT2D eigenvalue weighted by molar-refractivity contribution is -0.00461. The van der Waals surface area contributed by atoms with E-state index in [2.05, 4.69) is 24.1 Å². The Hall–Kier alpha value is -0.160. The highest BCUT2D eigenvalue weighted by atomic mass is 16.5. The molecule has 2 rings (SSSR count). The second-order valence-corrected chi connectivity index (χ2v) is 7.01. The van der Waals surface area contributed by atoms with E-state index in [1.807, 2.05) is 0 Å². The maximum atomic E-state index is 5.56. The van der Waals surface area contributed by atoms with E-state index in [4.69, 9.17) is 9.47 Å². The average Bonchev–Trinajstić information content (AvgIpc) is 2.88. The minimum absolute atomic E-state index is 0.234. The Labute approximate surface area is 130 Å². The van der Waals surface area contributed by atoms with Crippen LogP contribution in [0.3, 0.4) is 0 Å². The highest BCUT2D eigenvalue weighted by Gasteiger charge is 2.36. The summed E-state index contributed by atoms with van der Waals surface area (Å²) < 4.78 is 11.1. The number of nitrogens with one attached hydrogen (secondary N) is 1. The molecule has 1 aliphatic carbocycles. The van der Waals surface area contributed by atoms with Gasteiger partial charge >= 0.3 is 0 Å². The molecule has 1 aliphatic heterocycles. The van der Waals surface area contributed by atoms with Gasteiger partial charge in [-0.05, 0) is 44.1 Å². The summed E-state index contributed by atoms with van der Waals surface area (Å²) in [5.74, 6) is 1.64. The number of hydrogen-bond donors (Lipinski definition) is 1. The number of ether oxygens (including phenoxy) is 2. The normalized spacial score (nSPS) is 38.0. The van der Waals surface area contributed by atoms with E-state index < -0.39 is 0 Å². The summed E-state index contributed by atoms with van der Waals surface area (Å²) in [4.78, 5) is 2.55. The van der Waals surface area contributed by atoms with Crippen LogP contribution in [0.4, 0.5) is 0 Å². The van der Waals surface area contributed by atoms with Gasteiger partial charge in [-0.2, -0.15) is 0 Å². The maximum absolute atomic E-state index is 5.56. The van der Waals surface area contributed by atoms with Crippen molar-refractivity contribution >= 4 is 0 Å². The molecule has 4 heteroatoms. The van der Waals surface area contributed by atoms with E-state index in [9.17, 15) is 0 Å². The molecule has 5 atom stereocenters. The minimum Gasteiger partial charge on any atom is -0.377 e. The molecule has 0 amide bonds. The molecule has 0 aromatic carbocycles. The Morgan fingerprint density at radius 3 is 2.33 bits per heavy atom.